The van der Waals surface area contributed by atoms with Gasteiger partial charge in [-0.25, -0.2) is 0 Å². The Hall–Kier alpha value is -2.71. The first-order chi connectivity index (χ1) is 19.8. The molecule has 2 N–H and O–H groups in total. The highest BCUT2D eigenvalue weighted by atomic mass is 16.5. The van der Waals surface area contributed by atoms with Crippen LogP contribution in [0, 0.1) is 25.7 Å². The van der Waals surface area contributed by atoms with Crippen molar-refractivity contribution in [3.8, 4) is 0 Å². The van der Waals surface area contributed by atoms with E-state index in [0.717, 1.165) is 68.4 Å². The maximum absolute atomic E-state index is 14.3. The van der Waals surface area contributed by atoms with Crippen LogP contribution in [0.5, 0.6) is 0 Å². The van der Waals surface area contributed by atoms with Crippen LogP contribution in [0.3, 0.4) is 0 Å². The molecule has 4 heterocycles. The second kappa shape index (κ2) is 11.5. The lowest BCUT2D eigenvalue weighted by molar-refractivity contribution is -0.141. The average molecular weight is 563 g/mol. The van der Waals surface area contributed by atoms with Crippen LogP contribution in [-0.2, 0) is 19.1 Å². The maximum atomic E-state index is 14.3. The molecule has 41 heavy (non-hydrogen) atoms. The molecule has 4 aliphatic heterocycles. The van der Waals surface area contributed by atoms with E-state index < -0.39 is 29.6 Å². The zero-order chi connectivity index (χ0) is 28.7. The Morgan fingerprint density at radius 1 is 0.976 bits per heavy atom. The monoisotopic (exact) mass is 562 g/mol. The minimum atomic E-state index is -1.11. The number of anilines is 1. The van der Waals surface area contributed by atoms with Crippen molar-refractivity contribution in [2.75, 3.05) is 25.0 Å². The van der Waals surface area contributed by atoms with Gasteiger partial charge in [0, 0.05) is 30.9 Å². The van der Waals surface area contributed by atoms with Gasteiger partial charge in [0.15, 0.2) is 0 Å². The first-order valence-electron chi connectivity index (χ1n) is 15.9. The molecule has 6 atom stereocenters. The van der Waals surface area contributed by atoms with Gasteiger partial charge in [0.05, 0.1) is 17.9 Å². The highest BCUT2D eigenvalue weighted by Crippen LogP contribution is 2.55. The van der Waals surface area contributed by atoms with Gasteiger partial charge >= 0.3 is 0 Å². The zero-order valence-corrected chi connectivity index (χ0v) is 24.9. The Morgan fingerprint density at radius 3 is 2.44 bits per heavy atom. The number of hydrogen-bond donors (Lipinski definition) is 2. The van der Waals surface area contributed by atoms with E-state index in [2.05, 4.69) is 28.5 Å². The van der Waals surface area contributed by atoms with E-state index in [4.69, 9.17) is 4.74 Å². The van der Waals surface area contributed by atoms with Crippen LogP contribution in [0.2, 0.25) is 0 Å². The maximum Gasteiger partial charge on any atom is 0.246 e. The van der Waals surface area contributed by atoms with E-state index in [0.29, 0.717) is 12.6 Å². The molecule has 222 valence electrons. The van der Waals surface area contributed by atoms with Crippen LogP contribution >= 0.6 is 0 Å². The molecule has 1 aliphatic carbocycles. The van der Waals surface area contributed by atoms with Crippen LogP contribution in [0.25, 0.3) is 0 Å². The Kier molecular flexibility index (Phi) is 7.98. The third kappa shape index (κ3) is 5.22. The predicted molar refractivity (Wildman–Crippen MR) is 158 cm³/mol. The molecule has 1 saturated carbocycles. The topological polar surface area (TPSA) is 91.0 Å². The molecular weight excluding hydrogens is 516 g/mol. The van der Waals surface area contributed by atoms with E-state index in [1.165, 1.54) is 19.3 Å². The van der Waals surface area contributed by atoms with Crippen LogP contribution in [-0.4, -0.2) is 77.0 Å². The van der Waals surface area contributed by atoms with Gasteiger partial charge in [0.2, 0.25) is 17.7 Å². The number of nitrogens with zero attached hydrogens (tertiary/aromatic N) is 2. The van der Waals surface area contributed by atoms with Crippen LogP contribution in [0.1, 0.15) is 75.8 Å². The SMILES string of the molecule is CCC1CCCCN1CCN1C(=O)[C@@H]2C(C(=O)Nc3cc(C)cc(C)c3)[C@@H]3C=CC2(O3)C1C(=O)NC1CCCCC1. The van der Waals surface area contributed by atoms with Crippen molar-refractivity contribution in [2.24, 2.45) is 11.8 Å². The lowest BCUT2D eigenvalue weighted by Gasteiger charge is -2.38. The second-order valence-electron chi connectivity index (χ2n) is 13.0. The summed E-state index contributed by atoms with van der Waals surface area (Å²) in [7, 11) is 0. The van der Waals surface area contributed by atoms with Gasteiger partial charge in [-0.2, -0.15) is 0 Å². The van der Waals surface area contributed by atoms with E-state index in [-0.39, 0.29) is 23.8 Å². The van der Waals surface area contributed by atoms with Crippen LogP contribution in [0.15, 0.2) is 30.4 Å². The van der Waals surface area contributed by atoms with Crippen molar-refractivity contribution in [1.82, 2.24) is 15.1 Å². The van der Waals surface area contributed by atoms with Gasteiger partial charge in [-0.15, -0.1) is 0 Å². The Morgan fingerprint density at radius 2 is 1.71 bits per heavy atom. The summed E-state index contributed by atoms with van der Waals surface area (Å²) in [5, 5.41) is 6.36. The number of carbonyl (C=O) groups is 3. The summed E-state index contributed by atoms with van der Waals surface area (Å²) >= 11 is 0. The summed E-state index contributed by atoms with van der Waals surface area (Å²) in [6.07, 6.45) is 13.3. The number of hydrogen-bond acceptors (Lipinski definition) is 5. The van der Waals surface area contributed by atoms with Crippen molar-refractivity contribution < 1.29 is 19.1 Å². The van der Waals surface area contributed by atoms with E-state index in [1.54, 1.807) is 4.90 Å². The Bertz CT molecular complexity index is 1190. The number of rotatable bonds is 8. The van der Waals surface area contributed by atoms with Crippen LogP contribution in [0.4, 0.5) is 5.69 Å². The molecule has 8 nitrogen and oxygen atoms in total. The van der Waals surface area contributed by atoms with E-state index in [1.807, 2.05) is 38.1 Å². The summed E-state index contributed by atoms with van der Waals surface area (Å²) in [6, 6.07) is 5.81. The summed E-state index contributed by atoms with van der Waals surface area (Å²) in [6.45, 7) is 8.44. The predicted octanol–water partition coefficient (Wildman–Crippen LogP) is 4.11. The number of likely N-dealkylation sites (tertiary alicyclic amines) is 2. The van der Waals surface area contributed by atoms with Crippen molar-refractivity contribution in [2.45, 2.75) is 108 Å². The normalized spacial score (nSPS) is 33.3. The fourth-order valence-corrected chi connectivity index (χ4v) is 8.36. The van der Waals surface area contributed by atoms with Crippen LogP contribution < -0.4 is 10.6 Å². The van der Waals surface area contributed by atoms with Gasteiger partial charge in [-0.05, 0) is 75.8 Å². The van der Waals surface area contributed by atoms with Crippen molar-refractivity contribution in [3.05, 3.63) is 41.5 Å². The lowest BCUT2D eigenvalue weighted by Crippen LogP contribution is -2.57. The molecule has 5 aliphatic rings. The molecule has 0 aromatic heterocycles. The third-order valence-corrected chi connectivity index (χ3v) is 10.2. The summed E-state index contributed by atoms with van der Waals surface area (Å²) in [5.41, 5.74) is 1.73. The molecule has 8 heteroatoms. The molecule has 3 saturated heterocycles. The molecule has 4 fully saturated rings. The average Bonchev–Trinajstić information content (AvgIpc) is 3.59. The molecule has 0 radical (unpaired) electrons. The summed E-state index contributed by atoms with van der Waals surface area (Å²) < 4.78 is 6.55. The molecule has 1 spiro atoms. The quantitative estimate of drug-likeness (QED) is 0.466. The highest BCUT2D eigenvalue weighted by Gasteiger charge is 2.72. The standard InChI is InChI=1S/C33H46N4O4/c1-4-25-12-8-9-15-36(25)16-17-37-29(31(39)34-23-10-6-5-7-11-23)33-14-13-26(41-33)27(28(33)32(37)40)30(38)35-24-19-21(2)18-22(3)20-24/h13-14,18-20,23,25-29H,4-12,15-17H2,1-3H3,(H,34,39)(H,35,38)/t25?,26-,27?,28-,29?,33?/m0/s1. The smallest absolute Gasteiger partial charge is 0.246 e. The summed E-state index contributed by atoms with van der Waals surface area (Å²) in [5.74, 6) is -1.89. The molecule has 3 amide bonds. The van der Waals surface area contributed by atoms with Crippen molar-refractivity contribution >= 4 is 23.4 Å². The highest BCUT2D eigenvalue weighted by molar-refractivity contribution is 6.02. The van der Waals surface area contributed by atoms with Gasteiger partial charge in [0.1, 0.15) is 11.6 Å². The van der Waals surface area contributed by atoms with Gasteiger partial charge < -0.3 is 20.3 Å². The fourth-order valence-electron chi connectivity index (χ4n) is 8.36. The largest absolute Gasteiger partial charge is 0.359 e. The number of amides is 3. The Labute approximate surface area is 244 Å². The summed E-state index contributed by atoms with van der Waals surface area (Å²) in [4.78, 5) is 46.4. The fraction of sp³-hybridized carbons (Fsp3) is 0.667. The number of carbonyl (C=O) groups excluding carboxylic acids is 3. The van der Waals surface area contributed by atoms with Gasteiger partial charge in [0.25, 0.3) is 0 Å². The number of nitrogens with one attached hydrogen (secondary N) is 2. The van der Waals surface area contributed by atoms with Gasteiger partial charge in [-0.1, -0.05) is 50.8 Å². The molecule has 1 aromatic rings. The molecular formula is C33H46N4O4. The minimum absolute atomic E-state index is 0.126. The number of piperidine rings is 1. The first kappa shape index (κ1) is 28.4. The number of ether oxygens (including phenoxy) is 1. The van der Waals surface area contributed by atoms with Gasteiger partial charge in [-0.3, -0.25) is 19.3 Å². The zero-order valence-electron chi connectivity index (χ0n) is 24.9. The second-order valence-corrected chi connectivity index (χ2v) is 13.0. The molecule has 6 rings (SSSR count). The molecule has 4 unspecified atom stereocenters. The number of fused-ring (bicyclic) bond motifs is 1. The van der Waals surface area contributed by atoms with E-state index in [9.17, 15) is 14.4 Å². The van der Waals surface area contributed by atoms with E-state index >= 15 is 0 Å². The number of benzene rings is 1. The molecule has 1 aromatic carbocycles. The van der Waals surface area contributed by atoms with Crippen molar-refractivity contribution in [3.63, 3.8) is 0 Å². The third-order valence-electron chi connectivity index (χ3n) is 10.2. The minimum Gasteiger partial charge on any atom is -0.359 e. The van der Waals surface area contributed by atoms with Crippen molar-refractivity contribution in [1.29, 1.82) is 0 Å². The molecule has 2 bridgehead atoms. The number of aryl methyl sites for hydroxylation is 2. The lowest BCUT2D eigenvalue weighted by atomic mass is 9.74. The first-order valence-corrected chi connectivity index (χ1v) is 15.9. The Balaban J connectivity index is 1.27.